The van der Waals surface area contributed by atoms with E-state index in [1.54, 1.807) is 18.2 Å². The van der Waals surface area contributed by atoms with E-state index in [0.29, 0.717) is 6.54 Å². The van der Waals surface area contributed by atoms with Crippen LogP contribution in [0.2, 0.25) is 0 Å². The first-order valence-electron chi connectivity index (χ1n) is 8.30. The molecule has 1 heterocycles. The molecular weight excluding hydrogens is 321 g/mol. The van der Waals surface area contributed by atoms with Gasteiger partial charge >= 0.3 is 0 Å². The minimum Gasteiger partial charge on any atom is -0.490 e. The van der Waals surface area contributed by atoms with E-state index >= 15 is 0 Å². The van der Waals surface area contributed by atoms with Crippen molar-refractivity contribution in [1.82, 2.24) is 15.3 Å². The van der Waals surface area contributed by atoms with Gasteiger partial charge in [-0.15, -0.1) is 0 Å². The fourth-order valence-corrected chi connectivity index (χ4v) is 2.51. The monoisotopic (exact) mass is 341 g/mol. The third-order valence-corrected chi connectivity index (χ3v) is 3.77. The Morgan fingerprint density at radius 1 is 1.16 bits per heavy atom. The van der Waals surface area contributed by atoms with Gasteiger partial charge in [-0.3, -0.25) is 4.79 Å². The standard InChI is InChI=1S/C19H20FN3O2/c20-14-6-1-4-9-17(14)25-13-11-19(24)21-12-5-10-18-22-15-7-2-3-8-16(15)23-18/h1-4,6-9H,5,10-13H2,(H,21,24)(H,22,23). The Balaban J connectivity index is 1.33. The van der Waals surface area contributed by atoms with Crippen LogP contribution in [0.3, 0.4) is 0 Å². The van der Waals surface area contributed by atoms with E-state index in [1.807, 2.05) is 24.3 Å². The number of ether oxygens (including phenoxy) is 1. The second kappa shape index (κ2) is 8.28. The Hall–Kier alpha value is -2.89. The van der Waals surface area contributed by atoms with Gasteiger partial charge in [0.1, 0.15) is 5.82 Å². The zero-order valence-electron chi connectivity index (χ0n) is 13.8. The van der Waals surface area contributed by atoms with Crippen molar-refractivity contribution >= 4 is 16.9 Å². The summed E-state index contributed by atoms with van der Waals surface area (Å²) in [6, 6.07) is 14.0. The van der Waals surface area contributed by atoms with E-state index < -0.39 is 5.82 Å². The third kappa shape index (κ3) is 4.79. The third-order valence-electron chi connectivity index (χ3n) is 3.77. The predicted octanol–water partition coefficient (Wildman–Crippen LogP) is 3.22. The smallest absolute Gasteiger partial charge is 0.223 e. The van der Waals surface area contributed by atoms with Crippen LogP contribution in [0.5, 0.6) is 5.75 Å². The van der Waals surface area contributed by atoms with Crippen molar-refractivity contribution in [1.29, 1.82) is 0 Å². The fraction of sp³-hybridized carbons (Fsp3) is 0.263. The molecule has 2 N–H and O–H groups in total. The Kier molecular flexibility index (Phi) is 5.61. The minimum atomic E-state index is -0.422. The number of imidazole rings is 1. The van der Waals surface area contributed by atoms with Gasteiger partial charge in [0.15, 0.2) is 11.6 Å². The van der Waals surface area contributed by atoms with Crippen molar-refractivity contribution in [3.63, 3.8) is 0 Å². The van der Waals surface area contributed by atoms with Crippen LogP contribution in [0.1, 0.15) is 18.7 Å². The normalized spacial score (nSPS) is 10.8. The fourth-order valence-electron chi connectivity index (χ4n) is 2.51. The van der Waals surface area contributed by atoms with Gasteiger partial charge in [0.05, 0.1) is 24.1 Å². The van der Waals surface area contributed by atoms with Gasteiger partial charge in [-0.05, 0) is 30.7 Å². The van der Waals surface area contributed by atoms with Crippen LogP contribution in [0.4, 0.5) is 4.39 Å². The molecule has 0 saturated heterocycles. The van der Waals surface area contributed by atoms with Crippen molar-refractivity contribution in [2.24, 2.45) is 0 Å². The zero-order valence-corrected chi connectivity index (χ0v) is 13.8. The summed E-state index contributed by atoms with van der Waals surface area (Å²) in [5.74, 6) is 0.549. The van der Waals surface area contributed by atoms with Gasteiger partial charge < -0.3 is 15.0 Å². The number of H-pyrrole nitrogens is 1. The minimum absolute atomic E-state index is 0.110. The second-order valence-electron chi connectivity index (χ2n) is 5.68. The van der Waals surface area contributed by atoms with E-state index in [1.165, 1.54) is 6.07 Å². The molecule has 6 heteroatoms. The van der Waals surface area contributed by atoms with E-state index in [-0.39, 0.29) is 24.7 Å². The van der Waals surface area contributed by atoms with Crippen LogP contribution >= 0.6 is 0 Å². The maximum atomic E-state index is 13.4. The molecule has 0 unspecified atom stereocenters. The maximum Gasteiger partial charge on any atom is 0.223 e. The SMILES string of the molecule is O=C(CCOc1ccccc1F)NCCCc1nc2ccccc2[nH]1. The van der Waals surface area contributed by atoms with Crippen LogP contribution in [-0.2, 0) is 11.2 Å². The van der Waals surface area contributed by atoms with Crippen LogP contribution in [0.25, 0.3) is 11.0 Å². The van der Waals surface area contributed by atoms with E-state index in [9.17, 15) is 9.18 Å². The molecule has 5 nitrogen and oxygen atoms in total. The van der Waals surface area contributed by atoms with Crippen molar-refractivity contribution in [2.45, 2.75) is 19.3 Å². The molecule has 1 aromatic heterocycles. The predicted molar refractivity (Wildman–Crippen MR) is 93.9 cm³/mol. The molecule has 0 bridgehead atoms. The number of benzene rings is 2. The molecule has 25 heavy (non-hydrogen) atoms. The number of nitrogens with zero attached hydrogens (tertiary/aromatic N) is 1. The van der Waals surface area contributed by atoms with Gasteiger partial charge in [-0.25, -0.2) is 9.37 Å². The first-order chi connectivity index (χ1) is 12.2. The van der Waals surface area contributed by atoms with E-state index in [0.717, 1.165) is 29.7 Å². The first kappa shape index (κ1) is 17.0. The largest absolute Gasteiger partial charge is 0.490 e. The molecule has 3 rings (SSSR count). The molecule has 130 valence electrons. The molecule has 0 aliphatic heterocycles. The lowest BCUT2D eigenvalue weighted by Gasteiger charge is -2.07. The number of para-hydroxylation sites is 3. The summed E-state index contributed by atoms with van der Waals surface area (Å²) in [5.41, 5.74) is 1.97. The topological polar surface area (TPSA) is 67.0 Å². The highest BCUT2D eigenvalue weighted by Crippen LogP contribution is 2.15. The summed E-state index contributed by atoms with van der Waals surface area (Å²) in [6.45, 7) is 0.714. The Bertz CT molecular complexity index is 814. The molecule has 0 spiro atoms. The lowest BCUT2D eigenvalue weighted by atomic mass is 10.3. The summed E-state index contributed by atoms with van der Waals surface area (Å²) in [7, 11) is 0. The molecule has 0 saturated carbocycles. The molecule has 3 aromatic rings. The lowest BCUT2D eigenvalue weighted by molar-refractivity contribution is -0.121. The molecule has 2 aromatic carbocycles. The van der Waals surface area contributed by atoms with E-state index in [4.69, 9.17) is 4.74 Å². The number of rotatable bonds is 8. The average Bonchev–Trinajstić information content (AvgIpc) is 3.03. The number of fused-ring (bicyclic) bond motifs is 1. The van der Waals surface area contributed by atoms with Crippen LogP contribution in [0.15, 0.2) is 48.5 Å². The van der Waals surface area contributed by atoms with E-state index in [2.05, 4.69) is 15.3 Å². The molecule has 0 aliphatic carbocycles. The number of carbonyl (C=O) groups excluding carboxylic acids is 1. The summed E-state index contributed by atoms with van der Waals surface area (Å²) >= 11 is 0. The molecule has 1 amide bonds. The van der Waals surface area contributed by atoms with Crippen molar-refractivity contribution in [2.75, 3.05) is 13.2 Å². The van der Waals surface area contributed by atoms with Crippen molar-refractivity contribution < 1.29 is 13.9 Å². The number of aromatic nitrogens is 2. The highest BCUT2D eigenvalue weighted by Gasteiger charge is 2.05. The van der Waals surface area contributed by atoms with Gasteiger partial charge in [0.2, 0.25) is 5.91 Å². The lowest BCUT2D eigenvalue weighted by Crippen LogP contribution is -2.26. The molecule has 0 fully saturated rings. The van der Waals surface area contributed by atoms with Crippen LogP contribution < -0.4 is 10.1 Å². The number of carbonyl (C=O) groups is 1. The summed E-state index contributed by atoms with van der Waals surface area (Å²) in [6.07, 6.45) is 1.75. The number of halogens is 1. The Morgan fingerprint density at radius 3 is 2.80 bits per heavy atom. The summed E-state index contributed by atoms with van der Waals surface area (Å²) in [5, 5.41) is 2.83. The van der Waals surface area contributed by atoms with Gasteiger partial charge in [0, 0.05) is 13.0 Å². The molecule has 0 aliphatic rings. The number of nitrogens with one attached hydrogen (secondary N) is 2. The highest BCUT2D eigenvalue weighted by atomic mass is 19.1. The van der Waals surface area contributed by atoms with Crippen LogP contribution in [-0.4, -0.2) is 29.0 Å². The number of hydrogen-bond donors (Lipinski definition) is 2. The average molecular weight is 341 g/mol. The van der Waals surface area contributed by atoms with Crippen LogP contribution in [0, 0.1) is 5.82 Å². The molecule has 0 radical (unpaired) electrons. The zero-order chi connectivity index (χ0) is 17.5. The van der Waals surface area contributed by atoms with Crippen molar-refractivity contribution in [3.05, 3.63) is 60.2 Å². The Morgan fingerprint density at radius 2 is 1.96 bits per heavy atom. The summed E-state index contributed by atoms with van der Waals surface area (Å²) < 4.78 is 18.6. The number of aryl methyl sites for hydroxylation is 1. The van der Waals surface area contributed by atoms with Gasteiger partial charge in [-0.1, -0.05) is 24.3 Å². The maximum absolute atomic E-state index is 13.4. The second-order valence-corrected chi connectivity index (χ2v) is 5.68. The molecule has 0 atom stereocenters. The number of aromatic amines is 1. The number of hydrogen-bond acceptors (Lipinski definition) is 3. The first-order valence-corrected chi connectivity index (χ1v) is 8.30. The van der Waals surface area contributed by atoms with Crippen molar-refractivity contribution in [3.8, 4) is 5.75 Å². The number of amides is 1. The molecular formula is C19H20FN3O2. The quantitative estimate of drug-likeness (QED) is 0.618. The summed E-state index contributed by atoms with van der Waals surface area (Å²) in [4.78, 5) is 19.5. The van der Waals surface area contributed by atoms with Gasteiger partial charge in [-0.2, -0.15) is 0 Å². The Labute approximate surface area is 145 Å². The highest BCUT2D eigenvalue weighted by molar-refractivity contribution is 5.76. The van der Waals surface area contributed by atoms with Gasteiger partial charge in [0.25, 0.3) is 0 Å².